The van der Waals surface area contributed by atoms with Gasteiger partial charge in [-0.3, -0.25) is 10.1 Å². The van der Waals surface area contributed by atoms with Gasteiger partial charge in [-0.2, -0.15) is 0 Å². The van der Waals surface area contributed by atoms with E-state index in [-0.39, 0.29) is 0 Å². The molecule has 0 bridgehead atoms. The lowest BCUT2D eigenvalue weighted by molar-refractivity contribution is -0.122. The zero-order chi connectivity index (χ0) is 13.5. The third-order valence-corrected chi connectivity index (χ3v) is 1.87. The molecule has 0 aliphatic rings. The normalized spacial score (nSPS) is 13.0. The van der Waals surface area contributed by atoms with E-state index in [0.29, 0.717) is 6.54 Å². The van der Waals surface area contributed by atoms with Crippen molar-refractivity contribution in [1.29, 1.82) is 0 Å². The van der Waals surface area contributed by atoms with Crippen LogP contribution in [0.1, 0.15) is 13.8 Å². The van der Waals surface area contributed by atoms with E-state index in [1.807, 2.05) is 5.32 Å². The largest absolute Gasteiger partial charge is 0.390 e. The number of carbonyl (C=O) groups excluding carboxylic acids is 2. The van der Waals surface area contributed by atoms with Crippen molar-refractivity contribution in [3.63, 3.8) is 0 Å². The van der Waals surface area contributed by atoms with Crippen LogP contribution in [-0.2, 0) is 4.79 Å². The third-order valence-electron chi connectivity index (χ3n) is 1.87. The second kappa shape index (κ2) is 7.13. The van der Waals surface area contributed by atoms with Crippen molar-refractivity contribution in [1.82, 2.24) is 16.0 Å². The highest BCUT2D eigenvalue weighted by molar-refractivity contribution is 5.96. The van der Waals surface area contributed by atoms with Gasteiger partial charge in [0.05, 0.1) is 12.6 Å². The highest BCUT2D eigenvalue weighted by Crippen LogP contribution is 2.09. The van der Waals surface area contributed by atoms with Gasteiger partial charge in [0.15, 0.2) is 0 Å². The fourth-order valence-electron chi connectivity index (χ4n) is 0.876. The standard InChI is InChI=1S/C9H17F2N3O3/c1-3-12-8(17)14-7(16)6(2)13-4-9(10,11)5-15/h6,13,15H,3-5H2,1-2H3,(H2,12,14,16,17). The lowest BCUT2D eigenvalue weighted by atomic mass is 10.3. The van der Waals surface area contributed by atoms with Crippen LogP contribution in [0.15, 0.2) is 0 Å². The lowest BCUT2D eigenvalue weighted by Crippen LogP contribution is -2.50. The number of hydrogen-bond donors (Lipinski definition) is 4. The first-order chi connectivity index (χ1) is 7.82. The molecule has 17 heavy (non-hydrogen) atoms. The summed E-state index contributed by atoms with van der Waals surface area (Å²) < 4.78 is 25.3. The summed E-state index contributed by atoms with van der Waals surface area (Å²) in [5, 5.41) is 14.8. The van der Waals surface area contributed by atoms with E-state index in [0.717, 1.165) is 0 Å². The van der Waals surface area contributed by atoms with Crippen molar-refractivity contribution in [3.05, 3.63) is 0 Å². The minimum absolute atomic E-state index is 0.351. The van der Waals surface area contributed by atoms with Crippen LogP contribution in [-0.4, -0.2) is 48.7 Å². The maximum atomic E-state index is 12.6. The van der Waals surface area contributed by atoms with Crippen LogP contribution in [0.4, 0.5) is 13.6 Å². The van der Waals surface area contributed by atoms with Crippen LogP contribution in [0.5, 0.6) is 0 Å². The number of alkyl halides is 2. The maximum Gasteiger partial charge on any atom is 0.321 e. The molecule has 100 valence electrons. The molecule has 0 fully saturated rings. The molecule has 0 aliphatic carbocycles. The molecule has 0 aromatic heterocycles. The average molecular weight is 253 g/mol. The van der Waals surface area contributed by atoms with Crippen molar-refractivity contribution in [3.8, 4) is 0 Å². The predicted octanol–water partition coefficient (Wildman–Crippen LogP) is -0.562. The van der Waals surface area contributed by atoms with E-state index in [9.17, 15) is 18.4 Å². The predicted molar refractivity (Wildman–Crippen MR) is 56.7 cm³/mol. The first-order valence-corrected chi connectivity index (χ1v) is 5.13. The Labute approximate surface area is 97.8 Å². The fraction of sp³-hybridized carbons (Fsp3) is 0.778. The number of aliphatic hydroxyl groups excluding tert-OH is 1. The molecule has 4 N–H and O–H groups in total. The number of rotatable bonds is 6. The summed E-state index contributed by atoms with van der Waals surface area (Å²) in [4.78, 5) is 22.2. The average Bonchev–Trinajstić information content (AvgIpc) is 2.26. The summed E-state index contributed by atoms with van der Waals surface area (Å²) in [5.41, 5.74) is 0. The Balaban J connectivity index is 4.02. The van der Waals surface area contributed by atoms with Crippen LogP contribution < -0.4 is 16.0 Å². The quantitative estimate of drug-likeness (QED) is 0.510. The number of halogens is 2. The van der Waals surface area contributed by atoms with Crippen molar-refractivity contribution >= 4 is 11.9 Å². The van der Waals surface area contributed by atoms with Gasteiger partial charge in [0, 0.05) is 6.54 Å². The molecule has 0 radical (unpaired) electrons. The summed E-state index contributed by atoms with van der Waals surface area (Å²) in [6.45, 7) is 1.22. The molecular formula is C9H17F2N3O3. The second-order valence-electron chi connectivity index (χ2n) is 3.47. The number of aliphatic hydroxyl groups is 1. The topological polar surface area (TPSA) is 90.5 Å². The highest BCUT2D eigenvalue weighted by Gasteiger charge is 2.29. The van der Waals surface area contributed by atoms with Crippen molar-refractivity contribution in [2.75, 3.05) is 19.7 Å². The minimum atomic E-state index is -3.29. The van der Waals surface area contributed by atoms with Gasteiger partial charge in [0.1, 0.15) is 6.61 Å². The molecule has 0 saturated heterocycles. The van der Waals surface area contributed by atoms with Gasteiger partial charge in [0.2, 0.25) is 5.91 Å². The molecule has 0 aromatic carbocycles. The van der Waals surface area contributed by atoms with E-state index >= 15 is 0 Å². The first-order valence-electron chi connectivity index (χ1n) is 5.13. The van der Waals surface area contributed by atoms with E-state index in [1.54, 1.807) is 6.92 Å². The molecule has 3 amide bonds. The SMILES string of the molecule is CCNC(=O)NC(=O)C(C)NCC(F)(F)CO. The highest BCUT2D eigenvalue weighted by atomic mass is 19.3. The van der Waals surface area contributed by atoms with Gasteiger partial charge >= 0.3 is 6.03 Å². The van der Waals surface area contributed by atoms with Gasteiger partial charge in [0.25, 0.3) is 5.92 Å². The number of nitrogens with one attached hydrogen (secondary N) is 3. The summed E-state index contributed by atoms with van der Waals surface area (Å²) in [5.74, 6) is -4.01. The van der Waals surface area contributed by atoms with Crippen LogP contribution in [0.25, 0.3) is 0 Å². The van der Waals surface area contributed by atoms with Crippen LogP contribution in [0.3, 0.4) is 0 Å². The summed E-state index contributed by atoms with van der Waals surface area (Å²) in [7, 11) is 0. The molecular weight excluding hydrogens is 236 g/mol. The Hall–Kier alpha value is -1.28. The van der Waals surface area contributed by atoms with Crippen LogP contribution >= 0.6 is 0 Å². The van der Waals surface area contributed by atoms with Crippen molar-refractivity contribution in [2.24, 2.45) is 0 Å². The Morgan fingerprint density at radius 2 is 2.00 bits per heavy atom. The summed E-state index contributed by atoms with van der Waals surface area (Å²) in [6.07, 6.45) is 0. The molecule has 1 atom stereocenters. The monoisotopic (exact) mass is 253 g/mol. The van der Waals surface area contributed by atoms with Gasteiger partial charge in [-0.05, 0) is 13.8 Å². The van der Waals surface area contributed by atoms with E-state index < -0.39 is 37.1 Å². The van der Waals surface area contributed by atoms with Crippen molar-refractivity contribution in [2.45, 2.75) is 25.8 Å². The first kappa shape index (κ1) is 15.7. The number of carbonyl (C=O) groups is 2. The third kappa shape index (κ3) is 6.80. The number of imide groups is 1. The molecule has 0 heterocycles. The zero-order valence-corrected chi connectivity index (χ0v) is 9.72. The van der Waals surface area contributed by atoms with E-state index in [2.05, 4.69) is 10.6 Å². The van der Waals surface area contributed by atoms with Gasteiger partial charge in [-0.25, -0.2) is 13.6 Å². The van der Waals surface area contributed by atoms with E-state index in [4.69, 9.17) is 5.11 Å². The van der Waals surface area contributed by atoms with Gasteiger partial charge in [-0.15, -0.1) is 0 Å². The van der Waals surface area contributed by atoms with Gasteiger partial charge < -0.3 is 15.7 Å². The number of urea groups is 1. The Morgan fingerprint density at radius 3 is 2.47 bits per heavy atom. The smallest absolute Gasteiger partial charge is 0.321 e. The Bertz CT molecular complexity index is 274. The number of amides is 3. The molecule has 0 aromatic rings. The fourth-order valence-corrected chi connectivity index (χ4v) is 0.876. The molecule has 6 nitrogen and oxygen atoms in total. The van der Waals surface area contributed by atoms with Crippen molar-refractivity contribution < 1.29 is 23.5 Å². The van der Waals surface area contributed by atoms with Crippen LogP contribution in [0.2, 0.25) is 0 Å². The molecule has 1 unspecified atom stereocenters. The number of hydrogen-bond acceptors (Lipinski definition) is 4. The summed E-state index contributed by atoms with van der Waals surface area (Å²) >= 11 is 0. The zero-order valence-electron chi connectivity index (χ0n) is 9.72. The van der Waals surface area contributed by atoms with Crippen LogP contribution in [0, 0.1) is 0 Å². The maximum absolute atomic E-state index is 12.6. The lowest BCUT2D eigenvalue weighted by Gasteiger charge is -2.18. The molecule has 0 rings (SSSR count). The second-order valence-corrected chi connectivity index (χ2v) is 3.47. The Morgan fingerprint density at radius 1 is 1.41 bits per heavy atom. The molecule has 0 spiro atoms. The summed E-state index contributed by atoms with van der Waals surface area (Å²) in [6, 6.07) is -1.64. The minimum Gasteiger partial charge on any atom is -0.390 e. The Kier molecular flexibility index (Phi) is 6.59. The molecule has 0 aliphatic heterocycles. The molecule has 0 saturated carbocycles. The van der Waals surface area contributed by atoms with E-state index in [1.165, 1.54) is 6.92 Å². The molecule has 8 heteroatoms. The van der Waals surface area contributed by atoms with Gasteiger partial charge in [-0.1, -0.05) is 0 Å².